The van der Waals surface area contributed by atoms with Crippen LogP contribution in [-0.2, 0) is 11.3 Å². The average molecular weight is 330 g/mol. The molecule has 1 amide bonds. The lowest BCUT2D eigenvalue weighted by atomic mass is 9.98. The van der Waals surface area contributed by atoms with Gasteiger partial charge < -0.3 is 4.90 Å². The number of hydrogen-bond acceptors (Lipinski definition) is 2. The number of aromatic nitrogens is 1. The molecule has 1 heterocycles. The van der Waals surface area contributed by atoms with E-state index < -0.39 is 0 Å². The van der Waals surface area contributed by atoms with Crippen LogP contribution < -0.4 is 4.90 Å². The molecule has 0 saturated carbocycles. The molecule has 3 aromatic rings. The van der Waals surface area contributed by atoms with Crippen molar-refractivity contribution in [2.45, 2.75) is 27.3 Å². The molecule has 3 rings (SSSR count). The van der Waals surface area contributed by atoms with Crippen LogP contribution in [0.15, 0.2) is 66.9 Å². The van der Waals surface area contributed by atoms with E-state index in [2.05, 4.69) is 43.1 Å². The van der Waals surface area contributed by atoms with E-state index in [0.717, 1.165) is 22.5 Å². The molecular weight excluding hydrogens is 308 g/mol. The summed E-state index contributed by atoms with van der Waals surface area (Å²) in [5.41, 5.74) is 6.43. The smallest absolute Gasteiger partial charge is 0.224 e. The molecule has 0 atom stereocenters. The second-order valence-corrected chi connectivity index (χ2v) is 6.30. The summed E-state index contributed by atoms with van der Waals surface area (Å²) in [5.74, 6) is 0.00647. The lowest BCUT2D eigenvalue weighted by Gasteiger charge is -2.22. The fraction of sp³-hybridized carbons (Fsp3) is 0.182. The lowest BCUT2D eigenvalue weighted by Crippen LogP contribution is -2.28. The number of nitrogens with zero attached hydrogens (tertiary/aromatic N) is 2. The topological polar surface area (TPSA) is 33.2 Å². The maximum absolute atomic E-state index is 12.3. The van der Waals surface area contributed by atoms with E-state index in [9.17, 15) is 4.79 Å². The van der Waals surface area contributed by atoms with E-state index in [1.807, 2.05) is 36.4 Å². The molecule has 126 valence electrons. The monoisotopic (exact) mass is 330 g/mol. The van der Waals surface area contributed by atoms with Crippen LogP contribution in [0.1, 0.15) is 23.7 Å². The molecule has 0 unspecified atom stereocenters. The molecule has 0 bridgehead atoms. The molecule has 25 heavy (non-hydrogen) atoms. The van der Waals surface area contributed by atoms with Crippen LogP contribution in [0, 0.1) is 13.8 Å². The molecule has 0 aliphatic carbocycles. The molecule has 2 aromatic carbocycles. The van der Waals surface area contributed by atoms with Crippen molar-refractivity contribution < 1.29 is 4.79 Å². The summed E-state index contributed by atoms with van der Waals surface area (Å²) in [6.07, 6.45) is 1.75. The lowest BCUT2D eigenvalue weighted by molar-refractivity contribution is -0.116. The first kappa shape index (κ1) is 16.9. The van der Waals surface area contributed by atoms with Gasteiger partial charge >= 0.3 is 0 Å². The fourth-order valence-electron chi connectivity index (χ4n) is 3.01. The van der Waals surface area contributed by atoms with Crippen LogP contribution in [0.25, 0.3) is 11.1 Å². The Morgan fingerprint density at radius 3 is 2.44 bits per heavy atom. The summed E-state index contributed by atoms with van der Waals surface area (Å²) in [6, 6.07) is 20.4. The molecule has 0 spiro atoms. The van der Waals surface area contributed by atoms with Crippen LogP contribution in [0.2, 0.25) is 0 Å². The van der Waals surface area contributed by atoms with Crippen molar-refractivity contribution in [3.05, 3.63) is 83.7 Å². The number of aryl methyl sites for hydroxylation is 2. The minimum absolute atomic E-state index is 0.00647. The van der Waals surface area contributed by atoms with Gasteiger partial charge in [0.25, 0.3) is 0 Å². The van der Waals surface area contributed by atoms with Crippen LogP contribution in [-0.4, -0.2) is 10.9 Å². The molecule has 1 aromatic heterocycles. The van der Waals surface area contributed by atoms with Gasteiger partial charge in [0.2, 0.25) is 5.91 Å². The third kappa shape index (κ3) is 3.94. The minimum Gasteiger partial charge on any atom is -0.307 e. The second kappa shape index (κ2) is 7.31. The second-order valence-electron chi connectivity index (χ2n) is 6.30. The summed E-state index contributed by atoms with van der Waals surface area (Å²) >= 11 is 0. The van der Waals surface area contributed by atoms with Crippen LogP contribution >= 0.6 is 0 Å². The molecule has 0 fully saturated rings. The highest BCUT2D eigenvalue weighted by molar-refractivity contribution is 5.92. The van der Waals surface area contributed by atoms with E-state index in [1.165, 1.54) is 11.1 Å². The number of pyridine rings is 1. The molecule has 0 N–H and O–H groups in total. The van der Waals surface area contributed by atoms with Gasteiger partial charge in [0.05, 0.1) is 12.2 Å². The maximum Gasteiger partial charge on any atom is 0.224 e. The first-order chi connectivity index (χ1) is 12.0. The van der Waals surface area contributed by atoms with Crippen LogP contribution in [0.4, 0.5) is 5.69 Å². The molecule has 0 saturated heterocycles. The standard InChI is InChI=1S/C22H22N2O/c1-16-12-19(22-10-5-4-8-17(22)2)14-21(13-16)24(18(3)25)15-20-9-6-7-11-23-20/h4-14H,15H2,1-3H3. The van der Waals surface area contributed by atoms with Gasteiger partial charge in [-0.05, 0) is 60.4 Å². The zero-order chi connectivity index (χ0) is 17.8. The van der Waals surface area contributed by atoms with Gasteiger partial charge in [-0.2, -0.15) is 0 Å². The Morgan fingerprint density at radius 2 is 1.76 bits per heavy atom. The quantitative estimate of drug-likeness (QED) is 0.680. The van der Waals surface area contributed by atoms with E-state index in [1.54, 1.807) is 18.0 Å². The average Bonchev–Trinajstić information content (AvgIpc) is 2.60. The van der Waals surface area contributed by atoms with E-state index in [4.69, 9.17) is 0 Å². The van der Waals surface area contributed by atoms with Gasteiger partial charge in [-0.1, -0.05) is 36.4 Å². The van der Waals surface area contributed by atoms with Gasteiger partial charge in [0.15, 0.2) is 0 Å². The Balaban J connectivity index is 2.02. The number of carbonyl (C=O) groups is 1. The number of rotatable bonds is 4. The molecule has 3 nitrogen and oxygen atoms in total. The summed E-state index contributed by atoms with van der Waals surface area (Å²) in [4.78, 5) is 18.4. The first-order valence-corrected chi connectivity index (χ1v) is 8.40. The Labute approximate surface area is 149 Å². The van der Waals surface area contributed by atoms with Crippen molar-refractivity contribution in [3.8, 4) is 11.1 Å². The van der Waals surface area contributed by atoms with Crippen molar-refractivity contribution in [2.24, 2.45) is 0 Å². The van der Waals surface area contributed by atoms with Gasteiger partial charge in [0, 0.05) is 18.8 Å². The maximum atomic E-state index is 12.3. The zero-order valence-electron chi connectivity index (χ0n) is 14.9. The highest BCUT2D eigenvalue weighted by atomic mass is 16.2. The van der Waals surface area contributed by atoms with Gasteiger partial charge in [0.1, 0.15) is 0 Å². The Morgan fingerprint density at radius 1 is 1.00 bits per heavy atom. The van der Waals surface area contributed by atoms with Crippen molar-refractivity contribution in [3.63, 3.8) is 0 Å². The molecule has 0 aliphatic heterocycles. The SMILES string of the molecule is CC(=O)N(Cc1ccccn1)c1cc(C)cc(-c2ccccc2C)c1. The molecule has 3 heteroatoms. The Hall–Kier alpha value is -2.94. The molecule has 0 radical (unpaired) electrons. The van der Waals surface area contributed by atoms with Crippen LogP contribution in [0.3, 0.4) is 0 Å². The number of amides is 1. The molecular formula is C22H22N2O. The number of anilines is 1. The summed E-state index contributed by atoms with van der Waals surface area (Å²) in [5, 5.41) is 0. The highest BCUT2D eigenvalue weighted by Crippen LogP contribution is 2.29. The predicted octanol–water partition coefficient (Wildman–Crippen LogP) is 4.92. The third-order valence-electron chi connectivity index (χ3n) is 4.26. The summed E-state index contributed by atoms with van der Waals surface area (Å²) in [6.45, 7) is 6.23. The number of benzene rings is 2. The number of hydrogen-bond donors (Lipinski definition) is 0. The van der Waals surface area contributed by atoms with Crippen molar-refractivity contribution >= 4 is 11.6 Å². The van der Waals surface area contributed by atoms with Crippen molar-refractivity contribution in [1.82, 2.24) is 4.98 Å². The largest absolute Gasteiger partial charge is 0.307 e. The highest BCUT2D eigenvalue weighted by Gasteiger charge is 2.15. The van der Waals surface area contributed by atoms with E-state index >= 15 is 0 Å². The third-order valence-corrected chi connectivity index (χ3v) is 4.26. The van der Waals surface area contributed by atoms with E-state index in [-0.39, 0.29) is 5.91 Å². The zero-order valence-corrected chi connectivity index (χ0v) is 14.9. The Bertz CT molecular complexity index is 888. The van der Waals surface area contributed by atoms with Gasteiger partial charge in [-0.3, -0.25) is 9.78 Å². The van der Waals surface area contributed by atoms with Crippen molar-refractivity contribution in [2.75, 3.05) is 4.90 Å². The summed E-state index contributed by atoms with van der Waals surface area (Å²) in [7, 11) is 0. The van der Waals surface area contributed by atoms with Crippen LogP contribution in [0.5, 0.6) is 0 Å². The first-order valence-electron chi connectivity index (χ1n) is 8.40. The van der Waals surface area contributed by atoms with Gasteiger partial charge in [-0.15, -0.1) is 0 Å². The molecule has 0 aliphatic rings. The predicted molar refractivity (Wildman–Crippen MR) is 102 cm³/mol. The minimum atomic E-state index is 0.00647. The van der Waals surface area contributed by atoms with Crippen molar-refractivity contribution in [1.29, 1.82) is 0 Å². The van der Waals surface area contributed by atoms with Gasteiger partial charge in [-0.25, -0.2) is 0 Å². The number of carbonyl (C=O) groups excluding carboxylic acids is 1. The fourth-order valence-corrected chi connectivity index (χ4v) is 3.01. The Kier molecular flexibility index (Phi) is 4.94. The summed E-state index contributed by atoms with van der Waals surface area (Å²) < 4.78 is 0. The van der Waals surface area contributed by atoms with E-state index in [0.29, 0.717) is 6.54 Å². The normalized spacial score (nSPS) is 10.5.